The minimum absolute atomic E-state index is 0.576. The molecule has 0 atom stereocenters. The Bertz CT molecular complexity index is 185. The Morgan fingerprint density at radius 3 is 2.30 bits per heavy atom. The molecule has 1 aliphatic rings. The second-order valence-electron chi connectivity index (χ2n) is 1.43. The number of rotatable bonds is 0. The Morgan fingerprint density at radius 2 is 2.10 bits per heavy atom. The van der Waals surface area contributed by atoms with Gasteiger partial charge in [0.1, 0.15) is 0 Å². The number of alkyl halides is 3. The van der Waals surface area contributed by atoms with Gasteiger partial charge in [-0.2, -0.15) is 4.90 Å². The Balaban J connectivity index is 2.73. The van der Waals surface area contributed by atoms with E-state index in [0.29, 0.717) is 0 Å². The van der Waals surface area contributed by atoms with E-state index in [1.54, 1.807) is 6.54 Å². The minimum atomic E-state index is -4.73. The molecule has 0 aromatic rings. The van der Waals surface area contributed by atoms with Crippen LogP contribution in [-0.2, 0) is 4.79 Å². The zero-order chi connectivity index (χ0) is 7.78. The van der Waals surface area contributed by atoms with Gasteiger partial charge in [0.15, 0.2) is 6.34 Å². The van der Waals surface area contributed by atoms with Crippen molar-refractivity contribution in [2.75, 3.05) is 0 Å². The normalized spacial score (nSPS) is 18.7. The smallest absolute Gasteiger partial charge is 0.271 e. The number of nitrogens with zero attached hydrogens (tertiary/aromatic N) is 2. The fourth-order valence-corrected chi connectivity index (χ4v) is 0.390. The number of hydrogen-bond acceptors (Lipinski definition) is 2. The van der Waals surface area contributed by atoms with E-state index in [0.717, 1.165) is 0 Å². The van der Waals surface area contributed by atoms with Gasteiger partial charge < -0.3 is 0 Å². The lowest BCUT2D eigenvalue weighted by Crippen LogP contribution is -2.38. The summed E-state index contributed by atoms with van der Waals surface area (Å²) in [5.41, 5.74) is 0. The third kappa shape index (κ3) is 1.09. The van der Waals surface area contributed by atoms with Crippen LogP contribution in [0.2, 0.25) is 0 Å². The molecule has 6 heteroatoms. The van der Waals surface area contributed by atoms with Crippen molar-refractivity contribution >= 4 is 12.2 Å². The van der Waals surface area contributed by atoms with Crippen molar-refractivity contribution in [2.24, 2.45) is 4.99 Å². The van der Waals surface area contributed by atoms with Gasteiger partial charge in [0.05, 0.1) is 0 Å². The van der Waals surface area contributed by atoms with Crippen LogP contribution in [-0.4, -0.2) is 23.4 Å². The van der Waals surface area contributed by atoms with Crippen molar-refractivity contribution in [3.05, 3.63) is 6.54 Å². The molecular formula is C4F3N2O. The van der Waals surface area contributed by atoms with Crippen molar-refractivity contribution in [2.45, 2.75) is 6.30 Å². The Labute approximate surface area is 54.1 Å². The first-order valence-corrected chi connectivity index (χ1v) is 2.14. The number of hydrogen-bond donors (Lipinski definition) is 0. The highest BCUT2D eigenvalue weighted by Crippen LogP contribution is 2.22. The van der Waals surface area contributed by atoms with Gasteiger partial charge in [-0.25, -0.2) is 4.99 Å². The highest BCUT2D eigenvalue weighted by atomic mass is 19.4. The summed E-state index contributed by atoms with van der Waals surface area (Å²) < 4.78 is 34.7. The third-order valence-electron chi connectivity index (χ3n) is 0.758. The molecule has 0 bridgehead atoms. The van der Waals surface area contributed by atoms with Crippen molar-refractivity contribution in [1.29, 1.82) is 0 Å². The van der Waals surface area contributed by atoms with E-state index >= 15 is 0 Å². The van der Waals surface area contributed by atoms with Crippen LogP contribution in [0, 0.1) is 6.54 Å². The zero-order valence-electron chi connectivity index (χ0n) is 4.44. The molecule has 1 heterocycles. The van der Waals surface area contributed by atoms with Gasteiger partial charge in [0, 0.05) is 0 Å². The molecule has 1 rings (SSSR count). The van der Waals surface area contributed by atoms with E-state index in [2.05, 4.69) is 4.99 Å². The molecule has 0 aromatic heterocycles. The van der Waals surface area contributed by atoms with E-state index in [4.69, 9.17) is 0 Å². The van der Waals surface area contributed by atoms with Gasteiger partial charge in [-0.3, -0.25) is 4.79 Å². The number of amides is 1. The summed E-state index contributed by atoms with van der Waals surface area (Å²) in [6.45, 7) is 1.56. The SMILES string of the molecule is O=C1[C]N=[C]N1C(F)(F)F. The van der Waals surface area contributed by atoms with Crippen molar-refractivity contribution in [3.8, 4) is 0 Å². The largest absolute Gasteiger partial charge is 0.492 e. The minimum Gasteiger partial charge on any atom is -0.271 e. The average Bonchev–Trinajstić information content (AvgIpc) is 2.11. The van der Waals surface area contributed by atoms with Gasteiger partial charge in [0.25, 0.3) is 5.91 Å². The summed E-state index contributed by atoms with van der Waals surface area (Å²) in [5, 5.41) is 0. The van der Waals surface area contributed by atoms with Gasteiger partial charge in [-0.1, -0.05) is 0 Å². The Hall–Kier alpha value is -1.07. The third-order valence-corrected chi connectivity index (χ3v) is 0.758. The van der Waals surface area contributed by atoms with Crippen molar-refractivity contribution < 1.29 is 18.0 Å². The lowest BCUT2D eigenvalue weighted by atomic mass is 10.6. The molecule has 0 unspecified atom stereocenters. The Morgan fingerprint density at radius 1 is 1.50 bits per heavy atom. The van der Waals surface area contributed by atoms with Crippen LogP contribution >= 0.6 is 0 Å². The first kappa shape index (κ1) is 7.04. The van der Waals surface area contributed by atoms with Crippen LogP contribution in [0.3, 0.4) is 0 Å². The molecule has 10 heavy (non-hydrogen) atoms. The predicted octanol–water partition coefficient (Wildman–Crippen LogP) is 0.292. The quantitative estimate of drug-likeness (QED) is 0.455. The fourth-order valence-electron chi connectivity index (χ4n) is 0.390. The maximum atomic E-state index is 11.6. The van der Waals surface area contributed by atoms with E-state index in [1.807, 2.05) is 0 Å². The Kier molecular flexibility index (Phi) is 1.38. The molecule has 0 saturated carbocycles. The molecule has 0 N–H and O–H groups in total. The number of carbonyl (C=O) groups excluding carboxylic acids is 1. The van der Waals surface area contributed by atoms with E-state index in [-0.39, 0.29) is 0 Å². The lowest BCUT2D eigenvalue weighted by Gasteiger charge is -2.13. The highest BCUT2D eigenvalue weighted by molar-refractivity contribution is 5.98. The molecule has 0 aliphatic carbocycles. The molecule has 53 valence electrons. The van der Waals surface area contributed by atoms with E-state index in [1.165, 1.54) is 6.34 Å². The van der Waals surface area contributed by atoms with Gasteiger partial charge in [0.2, 0.25) is 6.54 Å². The fraction of sp³-hybridized carbons (Fsp3) is 0.250. The highest BCUT2D eigenvalue weighted by Gasteiger charge is 2.43. The van der Waals surface area contributed by atoms with Gasteiger partial charge in [-0.15, -0.1) is 13.2 Å². The summed E-state index contributed by atoms with van der Waals surface area (Å²) >= 11 is 0. The summed E-state index contributed by atoms with van der Waals surface area (Å²) in [7, 11) is 0. The molecule has 3 radical (unpaired) electrons. The van der Waals surface area contributed by atoms with Crippen LogP contribution in [0.4, 0.5) is 13.2 Å². The van der Waals surface area contributed by atoms with Crippen LogP contribution in [0.25, 0.3) is 0 Å². The molecule has 0 aromatic carbocycles. The number of halogens is 3. The first-order valence-electron chi connectivity index (χ1n) is 2.14. The summed E-state index contributed by atoms with van der Waals surface area (Å²) in [5.74, 6) is -1.34. The zero-order valence-corrected chi connectivity index (χ0v) is 4.44. The van der Waals surface area contributed by atoms with Crippen LogP contribution in [0.15, 0.2) is 4.99 Å². The van der Waals surface area contributed by atoms with Crippen molar-refractivity contribution in [3.63, 3.8) is 0 Å². The molecular weight excluding hydrogens is 149 g/mol. The van der Waals surface area contributed by atoms with Gasteiger partial charge >= 0.3 is 6.30 Å². The topological polar surface area (TPSA) is 32.7 Å². The number of aliphatic imine (C=N–C) groups is 1. The summed E-state index contributed by atoms with van der Waals surface area (Å²) in [6.07, 6.45) is -3.31. The van der Waals surface area contributed by atoms with Crippen LogP contribution in [0.1, 0.15) is 0 Å². The van der Waals surface area contributed by atoms with Gasteiger partial charge in [-0.05, 0) is 0 Å². The van der Waals surface area contributed by atoms with E-state index < -0.39 is 17.1 Å². The van der Waals surface area contributed by atoms with Crippen LogP contribution < -0.4 is 0 Å². The maximum Gasteiger partial charge on any atom is 0.492 e. The first-order chi connectivity index (χ1) is 4.52. The molecule has 0 fully saturated rings. The summed E-state index contributed by atoms with van der Waals surface area (Å²) in [4.78, 5) is 12.4. The molecule has 1 aliphatic heterocycles. The van der Waals surface area contributed by atoms with Crippen LogP contribution in [0.5, 0.6) is 0 Å². The summed E-state index contributed by atoms with van der Waals surface area (Å²) in [6, 6.07) is 0. The van der Waals surface area contributed by atoms with E-state index in [9.17, 15) is 18.0 Å². The molecule has 0 spiro atoms. The lowest BCUT2D eigenvalue weighted by molar-refractivity contribution is -0.212. The molecule has 0 saturated heterocycles. The predicted molar refractivity (Wildman–Crippen MR) is 23.6 cm³/mol. The monoisotopic (exact) mass is 149 g/mol. The maximum absolute atomic E-state index is 11.6. The second-order valence-corrected chi connectivity index (χ2v) is 1.43. The standard InChI is InChI=1S/C4F3N2O/c5-4(6,7)9-2-8-1-3(9)10. The van der Waals surface area contributed by atoms with Crippen molar-refractivity contribution in [1.82, 2.24) is 4.90 Å². The average molecular weight is 149 g/mol. The molecule has 3 nitrogen and oxygen atoms in total. The molecule has 1 amide bonds. The second kappa shape index (κ2) is 1.96. The number of carbonyl (C=O) groups is 1.